The molecule has 0 radical (unpaired) electrons. The second-order valence-corrected chi connectivity index (χ2v) is 37.1. The van der Waals surface area contributed by atoms with Gasteiger partial charge >= 0.3 is 48.0 Å². The molecule has 676 valence electrons. The lowest BCUT2D eigenvalue weighted by molar-refractivity contribution is -0.153. The van der Waals surface area contributed by atoms with Gasteiger partial charge in [-0.05, 0) is 88.5 Å². The van der Waals surface area contributed by atoms with Crippen LogP contribution in [0, 0.1) is 22.7 Å². The molecule has 4 unspecified atom stereocenters. The molecule has 6 N–H and O–H groups in total. The van der Waals surface area contributed by atoms with Crippen molar-refractivity contribution in [2.75, 3.05) is 28.4 Å². The highest BCUT2D eigenvalue weighted by Gasteiger charge is 2.38. The molecule has 12 rings (SSSR count). The molecule has 0 spiro atoms. The maximum Gasteiger partial charge on any atom is 0.408 e. The average molecular weight is 1830 g/mol. The molecule has 0 saturated heterocycles. The number of alkyl carbamates (subject to hydrolysis) is 2. The Morgan fingerprint density at radius 3 is 0.984 bits per heavy atom. The van der Waals surface area contributed by atoms with Gasteiger partial charge in [0.25, 0.3) is 5.91 Å². The molecule has 0 aliphatic carbocycles. The van der Waals surface area contributed by atoms with Gasteiger partial charge in [-0.25, -0.2) is 53.5 Å². The number of carbonyl (C=O) groups is 14. The van der Waals surface area contributed by atoms with Gasteiger partial charge in [0.15, 0.2) is 56.3 Å². The predicted octanol–water partition coefficient (Wildman–Crippen LogP) is 14.6. The van der Waals surface area contributed by atoms with E-state index < -0.39 is 106 Å². The highest BCUT2D eigenvalue weighted by Crippen LogP contribution is 2.33. The van der Waals surface area contributed by atoms with Crippen molar-refractivity contribution in [1.29, 1.82) is 0 Å². The largest absolute Gasteiger partial charge is 0.464 e. The van der Waals surface area contributed by atoms with Crippen LogP contribution in [0.15, 0.2) is 143 Å². The van der Waals surface area contributed by atoms with Gasteiger partial charge in [0.2, 0.25) is 29.0 Å². The Hall–Kier alpha value is -13.1. The number of thiazole rings is 4. The zero-order valence-corrected chi connectivity index (χ0v) is 77.3. The number of hydrogen-bond donors (Lipinski definition) is 4. The monoisotopic (exact) mass is 1830 g/mol. The summed E-state index contributed by atoms with van der Waals surface area (Å²) in [5, 5.41) is 14.2. The number of ketones is 4. The minimum atomic E-state index is -0.975. The number of rotatable bonds is 24. The van der Waals surface area contributed by atoms with Crippen LogP contribution in [0.25, 0.3) is 43.6 Å². The molecule has 0 bridgehead atoms. The molecule has 12 aromatic rings. The van der Waals surface area contributed by atoms with Crippen molar-refractivity contribution in [1.82, 2.24) is 48.8 Å². The third kappa shape index (κ3) is 23.9. The fourth-order valence-corrected chi connectivity index (χ4v) is 15.3. The molecule has 8 aromatic heterocycles. The van der Waals surface area contributed by atoms with E-state index >= 15 is 0 Å². The van der Waals surface area contributed by atoms with E-state index in [4.69, 9.17) is 30.4 Å². The summed E-state index contributed by atoms with van der Waals surface area (Å²) in [5.74, 6) is -6.12. The number of nitrogens with one attached hydrogen (secondary N) is 2. The van der Waals surface area contributed by atoms with E-state index in [9.17, 15) is 67.1 Å². The molecule has 38 heteroatoms. The van der Waals surface area contributed by atoms with Gasteiger partial charge < -0.3 is 69.1 Å². The molecule has 0 aliphatic heterocycles. The molecule has 34 nitrogen and oxygen atoms in total. The van der Waals surface area contributed by atoms with E-state index in [0.717, 1.165) is 50.9 Å². The molecular weight excluding hydrogens is 1730 g/mol. The number of hydrogen-bond acceptors (Lipinski definition) is 32. The standard InChI is InChI=1S/C26H31N3O7S.C24H27N3O6S.C21H23N3O5S.C19H19N3O4S/c1-25(2,3)20(28-24(33)36-26(4,5)6)23(32)35-14-29-12-16(15-10-8-9-11-18(15)29)19(30)21-27-17(13-37-21)22(31)34-7;1-13(2)18(26-23(31)33-24(3,4)5)21(29)27-11-15(14-9-7-8-10-17(14)27)19(28)20-25-16(12-34-20)22(30)32-6;1-21(2,3)17(22)20(27)29-11-24-9-13(12-7-5-6-8-15(12)24)16(25)18-23-14(10-30-18)19(26)28-4;1-10(2)15(20)18(24)22-8-12(11-6-4-5-7-14(11)22)16(23)17-21-13(9-27-17)19(25)26-3/h8-13,20H,14H2,1-7H3,(H,28,33);7-13,18H,1-6H3,(H,26,31);5-10,17H,11,22H2,1-4H3;4-10,15H,20H2,1-3H3. The van der Waals surface area contributed by atoms with Crippen LogP contribution in [0.5, 0.6) is 0 Å². The number of nitrogens with zero attached hydrogens (tertiary/aromatic N) is 8. The van der Waals surface area contributed by atoms with Crippen LogP contribution in [0.3, 0.4) is 0 Å². The molecule has 0 fully saturated rings. The smallest absolute Gasteiger partial charge is 0.408 e. The first kappa shape index (κ1) is 98.6. The summed E-state index contributed by atoms with van der Waals surface area (Å²) in [6, 6.07) is 25.2. The number of nitrogens with two attached hydrogens (primary N) is 2. The van der Waals surface area contributed by atoms with Crippen molar-refractivity contribution in [3.05, 3.63) is 208 Å². The molecule has 2 amide bonds. The van der Waals surface area contributed by atoms with Crippen LogP contribution in [0.2, 0.25) is 0 Å². The SMILES string of the molecule is COC(=O)c1csc(C(=O)c2cn(C(=O)C(N)C(C)C)c3ccccc23)n1.COC(=O)c1csc(C(=O)c2cn(C(=O)C(NC(=O)OC(C)(C)C)C(C)C)c3ccccc23)n1.COC(=O)c1csc(C(=O)c2cn(COC(=O)C(N)C(C)(C)C)c3ccccc23)n1.COC(=O)c1csc(C(=O)c2cn(COC(=O)C(NC(=O)OC(C)(C)C)C(C)(C)C)c3ccccc23)n1. The Morgan fingerprint density at radius 1 is 0.383 bits per heavy atom. The topological polar surface area (TPSA) is 460 Å². The minimum absolute atomic E-state index is 0.0390. The second-order valence-electron chi connectivity index (χ2n) is 33.6. The zero-order chi connectivity index (χ0) is 94.5. The van der Waals surface area contributed by atoms with Crippen molar-refractivity contribution in [2.45, 2.75) is 160 Å². The second kappa shape index (κ2) is 41.5. The number of ether oxygens (including phenoxy) is 8. The number of aromatic nitrogens is 8. The molecule has 0 aliphatic rings. The van der Waals surface area contributed by atoms with E-state index in [1.165, 1.54) is 71.5 Å². The number of para-hydroxylation sites is 4. The van der Waals surface area contributed by atoms with Crippen molar-refractivity contribution < 1.29 is 105 Å². The molecule has 0 saturated carbocycles. The van der Waals surface area contributed by atoms with E-state index in [1.807, 2.05) is 66.7 Å². The maximum atomic E-state index is 13.5. The number of methoxy groups -OCH3 is 4. The lowest BCUT2D eigenvalue weighted by Gasteiger charge is -2.30. The molecule has 128 heavy (non-hydrogen) atoms. The summed E-state index contributed by atoms with van der Waals surface area (Å²) in [6.07, 6.45) is 4.70. The molecule has 4 atom stereocenters. The highest BCUT2D eigenvalue weighted by molar-refractivity contribution is 7.13. The van der Waals surface area contributed by atoms with Crippen molar-refractivity contribution in [3.8, 4) is 0 Å². The predicted molar refractivity (Wildman–Crippen MR) is 480 cm³/mol. The van der Waals surface area contributed by atoms with Gasteiger partial charge in [0.1, 0.15) is 29.3 Å². The normalized spacial score (nSPS) is 12.5. The number of carbonyl (C=O) groups excluding carboxylic acids is 14. The Morgan fingerprint density at radius 2 is 0.680 bits per heavy atom. The number of amides is 2. The summed E-state index contributed by atoms with van der Waals surface area (Å²) in [4.78, 5) is 192. The fourth-order valence-electron chi connectivity index (χ4n) is 12.3. The van der Waals surface area contributed by atoms with Crippen molar-refractivity contribution in [2.24, 2.45) is 34.1 Å². The van der Waals surface area contributed by atoms with E-state index in [2.05, 4.69) is 49.5 Å². The molecule has 4 aromatic carbocycles. The molecular formula is C90H100N12O22S4. The maximum absolute atomic E-state index is 13.5. The van der Waals surface area contributed by atoms with Crippen LogP contribution in [-0.4, -0.2) is 185 Å². The Kier molecular flexibility index (Phi) is 32.0. The van der Waals surface area contributed by atoms with E-state index in [1.54, 1.807) is 163 Å². The average Bonchev–Trinajstić information content (AvgIpc) is 1.62. The Balaban J connectivity index is 0.000000194. The summed E-state index contributed by atoms with van der Waals surface area (Å²) < 4.78 is 46.2. The van der Waals surface area contributed by atoms with Gasteiger partial charge in [-0.1, -0.05) is 142 Å². The Labute approximate surface area is 751 Å². The summed E-state index contributed by atoms with van der Waals surface area (Å²) in [5.41, 5.74) is 13.5. The fraction of sp³-hybridized carbons (Fsp3) is 0.356. The van der Waals surface area contributed by atoms with Crippen LogP contribution < -0.4 is 22.1 Å². The van der Waals surface area contributed by atoms with E-state index in [0.29, 0.717) is 54.8 Å². The van der Waals surface area contributed by atoms with Crippen LogP contribution in [0.1, 0.15) is 224 Å². The van der Waals surface area contributed by atoms with Crippen LogP contribution in [0.4, 0.5) is 9.59 Å². The molecule has 8 heterocycles. The van der Waals surface area contributed by atoms with Gasteiger partial charge in [-0.15, -0.1) is 45.3 Å². The summed E-state index contributed by atoms with van der Waals surface area (Å²) in [6.45, 7) is 28.4. The minimum Gasteiger partial charge on any atom is -0.464 e. The highest BCUT2D eigenvalue weighted by atomic mass is 32.1. The lowest BCUT2D eigenvalue weighted by atomic mass is 9.87. The van der Waals surface area contributed by atoms with Gasteiger partial charge in [0, 0.05) is 67.9 Å². The van der Waals surface area contributed by atoms with Crippen LogP contribution >= 0.6 is 45.3 Å². The summed E-state index contributed by atoms with van der Waals surface area (Å²) in [7, 11) is 4.98. The number of fused-ring (bicyclic) bond motifs is 4. The van der Waals surface area contributed by atoms with Crippen LogP contribution in [-0.2, 0) is 60.9 Å². The van der Waals surface area contributed by atoms with Gasteiger partial charge in [-0.3, -0.25) is 42.7 Å². The first-order chi connectivity index (χ1) is 60.1. The lowest BCUT2D eigenvalue weighted by Crippen LogP contribution is -2.51. The van der Waals surface area contributed by atoms with Gasteiger partial charge in [-0.2, -0.15) is 0 Å². The van der Waals surface area contributed by atoms with Crippen molar-refractivity contribution >= 4 is 172 Å². The number of esters is 6. The third-order valence-electron chi connectivity index (χ3n) is 19.1. The number of benzene rings is 4. The first-order valence-electron chi connectivity index (χ1n) is 39.7. The Bertz CT molecular complexity index is 6200. The van der Waals surface area contributed by atoms with Crippen molar-refractivity contribution in [3.63, 3.8) is 0 Å². The first-order valence-corrected chi connectivity index (χ1v) is 43.3. The quantitative estimate of drug-likeness (QED) is 0.0248. The third-order valence-corrected chi connectivity index (χ3v) is 22.4. The van der Waals surface area contributed by atoms with E-state index in [-0.39, 0.29) is 96.9 Å². The van der Waals surface area contributed by atoms with Gasteiger partial charge in [0.05, 0.1) is 78.8 Å². The summed E-state index contributed by atoms with van der Waals surface area (Å²) >= 11 is 4.18. The zero-order valence-electron chi connectivity index (χ0n) is 74.1.